The van der Waals surface area contributed by atoms with Gasteiger partial charge in [0.05, 0.1) is 11.1 Å². The number of nitrogens with zero attached hydrogens (tertiary/aromatic N) is 2. The van der Waals surface area contributed by atoms with Crippen LogP contribution in [0.4, 0.5) is 0 Å². The quantitative estimate of drug-likeness (QED) is 0.531. The van der Waals surface area contributed by atoms with Crippen molar-refractivity contribution in [2.45, 2.75) is 17.7 Å². The van der Waals surface area contributed by atoms with Crippen molar-refractivity contribution in [1.29, 1.82) is 0 Å². The molecule has 0 unspecified atom stereocenters. The van der Waals surface area contributed by atoms with Gasteiger partial charge in [0.2, 0.25) is 10.0 Å². The molecule has 9 heteroatoms. The summed E-state index contributed by atoms with van der Waals surface area (Å²) in [5, 5.41) is 22.7. The Kier molecular flexibility index (Phi) is 5.43. The lowest BCUT2D eigenvalue weighted by Crippen LogP contribution is -2.28. The molecule has 0 spiro atoms. The third-order valence-corrected chi connectivity index (χ3v) is 6.08. The number of rotatable bonds is 5. The second kappa shape index (κ2) is 7.77. The molecule has 142 valence electrons. The first-order chi connectivity index (χ1) is 12.9. The van der Waals surface area contributed by atoms with E-state index < -0.39 is 15.9 Å². The van der Waals surface area contributed by atoms with Gasteiger partial charge in [-0.05, 0) is 43.2 Å². The van der Waals surface area contributed by atoms with Crippen molar-refractivity contribution in [3.63, 3.8) is 0 Å². The van der Waals surface area contributed by atoms with Gasteiger partial charge in [0.25, 0.3) is 5.91 Å². The predicted octanol–water partition coefficient (Wildman–Crippen LogP) is 1.65. The molecule has 0 bridgehead atoms. The number of hydrazone groups is 1. The maximum atomic E-state index is 12.6. The zero-order valence-corrected chi connectivity index (χ0v) is 15.2. The number of carbonyl (C=O) groups is 1. The SMILES string of the molecule is O=C(NN=Cc1ccc(O)cc1O)c1cccc(S(=O)(=O)N2CCCC2)c1. The molecule has 1 amide bonds. The molecule has 8 nitrogen and oxygen atoms in total. The van der Waals surface area contributed by atoms with E-state index in [4.69, 9.17) is 0 Å². The molecule has 1 saturated heterocycles. The average molecular weight is 389 g/mol. The van der Waals surface area contributed by atoms with Gasteiger partial charge in [0.15, 0.2) is 0 Å². The standard InChI is InChI=1S/C18H19N3O5S/c22-15-7-6-14(17(23)11-15)12-19-20-18(24)13-4-3-5-16(10-13)27(25,26)21-8-1-2-9-21/h3-7,10-12,22-23H,1-2,8-9H2,(H,20,24). The highest BCUT2D eigenvalue weighted by molar-refractivity contribution is 7.89. The molecular weight excluding hydrogens is 370 g/mol. The van der Waals surface area contributed by atoms with Gasteiger partial charge in [-0.2, -0.15) is 9.41 Å². The predicted molar refractivity (Wildman–Crippen MR) is 99.3 cm³/mol. The van der Waals surface area contributed by atoms with Crippen LogP contribution in [0.1, 0.15) is 28.8 Å². The molecular formula is C18H19N3O5S. The van der Waals surface area contributed by atoms with Crippen LogP contribution in [0.5, 0.6) is 11.5 Å². The Morgan fingerprint density at radius 2 is 1.85 bits per heavy atom. The summed E-state index contributed by atoms with van der Waals surface area (Å²) in [5.74, 6) is -0.862. The van der Waals surface area contributed by atoms with Gasteiger partial charge < -0.3 is 10.2 Å². The van der Waals surface area contributed by atoms with Crippen molar-refractivity contribution in [1.82, 2.24) is 9.73 Å². The van der Waals surface area contributed by atoms with E-state index in [0.717, 1.165) is 18.9 Å². The number of sulfonamides is 1. The summed E-state index contributed by atoms with van der Waals surface area (Å²) in [6, 6.07) is 9.73. The molecule has 0 aliphatic carbocycles. The molecule has 2 aromatic carbocycles. The molecule has 0 radical (unpaired) electrons. The summed E-state index contributed by atoms with van der Waals surface area (Å²) in [5.41, 5.74) is 2.75. The average Bonchev–Trinajstić information content (AvgIpc) is 3.19. The van der Waals surface area contributed by atoms with Crippen molar-refractivity contribution in [3.8, 4) is 11.5 Å². The van der Waals surface area contributed by atoms with Gasteiger partial charge in [-0.3, -0.25) is 4.79 Å². The minimum atomic E-state index is -3.61. The number of benzene rings is 2. The summed E-state index contributed by atoms with van der Waals surface area (Å²) < 4.78 is 26.6. The highest BCUT2D eigenvalue weighted by Crippen LogP contribution is 2.22. The van der Waals surface area contributed by atoms with E-state index in [0.29, 0.717) is 18.7 Å². The number of hydrogen-bond acceptors (Lipinski definition) is 6. The lowest BCUT2D eigenvalue weighted by molar-refractivity contribution is 0.0955. The molecule has 0 saturated carbocycles. The lowest BCUT2D eigenvalue weighted by atomic mass is 10.2. The number of amides is 1. The summed E-state index contributed by atoms with van der Waals surface area (Å²) >= 11 is 0. The van der Waals surface area contributed by atoms with Crippen LogP contribution in [0.15, 0.2) is 52.5 Å². The second-order valence-corrected chi connectivity index (χ2v) is 8.02. The van der Waals surface area contributed by atoms with Gasteiger partial charge in [-0.25, -0.2) is 13.8 Å². The van der Waals surface area contributed by atoms with Gasteiger partial charge in [0, 0.05) is 30.3 Å². The molecule has 3 N–H and O–H groups in total. The number of phenolic OH excluding ortho intramolecular Hbond substituents is 2. The first kappa shape index (κ1) is 18.9. The topological polar surface area (TPSA) is 119 Å². The third-order valence-electron chi connectivity index (χ3n) is 4.18. The highest BCUT2D eigenvalue weighted by atomic mass is 32.2. The Morgan fingerprint density at radius 1 is 1.11 bits per heavy atom. The molecule has 1 fully saturated rings. The zero-order chi connectivity index (χ0) is 19.4. The Balaban J connectivity index is 1.73. The maximum absolute atomic E-state index is 12.6. The molecule has 0 atom stereocenters. The van der Waals surface area contributed by atoms with Crippen molar-refractivity contribution < 1.29 is 23.4 Å². The Bertz CT molecular complexity index is 982. The van der Waals surface area contributed by atoms with E-state index in [1.807, 2.05) is 0 Å². The van der Waals surface area contributed by atoms with E-state index in [1.165, 1.54) is 46.9 Å². The van der Waals surface area contributed by atoms with Gasteiger partial charge >= 0.3 is 0 Å². The largest absolute Gasteiger partial charge is 0.508 e. The van der Waals surface area contributed by atoms with Crippen LogP contribution in [0.2, 0.25) is 0 Å². The third kappa shape index (κ3) is 4.26. The zero-order valence-electron chi connectivity index (χ0n) is 14.4. The fourth-order valence-electron chi connectivity index (χ4n) is 2.74. The Morgan fingerprint density at radius 3 is 2.56 bits per heavy atom. The van der Waals surface area contributed by atoms with Crippen molar-refractivity contribution in [2.24, 2.45) is 5.10 Å². The molecule has 1 aliphatic rings. The molecule has 2 aromatic rings. The molecule has 0 aromatic heterocycles. The molecule has 1 aliphatic heterocycles. The number of phenols is 2. The molecule has 3 rings (SSSR count). The van der Waals surface area contributed by atoms with E-state index in [2.05, 4.69) is 10.5 Å². The Hall–Kier alpha value is -2.91. The number of carbonyl (C=O) groups excluding carboxylic acids is 1. The van der Waals surface area contributed by atoms with Crippen LogP contribution >= 0.6 is 0 Å². The minimum Gasteiger partial charge on any atom is -0.508 e. The monoisotopic (exact) mass is 389 g/mol. The number of nitrogens with one attached hydrogen (secondary N) is 1. The van der Waals surface area contributed by atoms with Crippen LogP contribution in [0, 0.1) is 0 Å². The van der Waals surface area contributed by atoms with Crippen LogP contribution in [0.3, 0.4) is 0 Å². The second-order valence-electron chi connectivity index (χ2n) is 6.08. The van der Waals surface area contributed by atoms with Gasteiger partial charge in [-0.15, -0.1) is 0 Å². The summed E-state index contributed by atoms with van der Waals surface area (Å²) in [4.78, 5) is 12.3. The highest BCUT2D eigenvalue weighted by Gasteiger charge is 2.27. The fourth-order valence-corrected chi connectivity index (χ4v) is 4.31. The van der Waals surface area contributed by atoms with E-state index in [9.17, 15) is 23.4 Å². The number of hydrogen-bond donors (Lipinski definition) is 3. The summed E-state index contributed by atoms with van der Waals surface area (Å²) in [6.45, 7) is 0.971. The van der Waals surface area contributed by atoms with Crippen molar-refractivity contribution >= 4 is 22.1 Å². The first-order valence-electron chi connectivity index (χ1n) is 8.33. The smallest absolute Gasteiger partial charge is 0.271 e. The van der Waals surface area contributed by atoms with Crippen molar-refractivity contribution in [2.75, 3.05) is 13.1 Å². The van der Waals surface area contributed by atoms with E-state index in [-0.39, 0.29) is 22.0 Å². The van der Waals surface area contributed by atoms with Crippen molar-refractivity contribution in [3.05, 3.63) is 53.6 Å². The van der Waals surface area contributed by atoms with E-state index >= 15 is 0 Å². The van der Waals surface area contributed by atoms with Crippen LogP contribution in [-0.4, -0.2) is 48.1 Å². The van der Waals surface area contributed by atoms with Crippen LogP contribution < -0.4 is 5.43 Å². The summed E-state index contributed by atoms with van der Waals surface area (Å²) in [7, 11) is -3.61. The van der Waals surface area contributed by atoms with Gasteiger partial charge in [0.1, 0.15) is 11.5 Å². The maximum Gasteiger partial charge on any atom is 0.271 e. The lowest BCUT2D eigenvalue weighted by Gasteiger charge is -2.15. The van der Waals surface area contributed by atoms with Crippen LogP contribution in [0.25, 0.3) is 0 Å². The molecule has 27 heavy (non-hydrogen) atoms. The van der Waals surface area contributed by atoms with Crippen LogP contribution in [-0.2, 0) is 10.0 Å². The summed E-state index contributed by atoms with van der Waals surface area (Å²) in [6.07, 6.45) is 2.88. The van der Waals surface area contributed by atoms with Gasteiger partial charge in [-0.1, -0.05) is 6.07 Å². The fraction of sp³-hybridized carbons (Fsp3) is 0.222. The molecule has 1 heterocycles. The normalized spacial score (nSPS) is 15.3. The first-order valence-corrected chi connectivity index (χ1v) is 9.77. The number of aromatic hydroxyl groups is 2. The Labute approximate surface area is 156 Å². The van der Waals surface area contributed by atoms with E-state index in [1.54, 1.807) is 0 Å². The minimum absolute atomic E-state index is 0.0669.